The summed E-state index contributed by atoms with van der Waals surface area (Å²) in [5.41, 5.74) is 0.602. The summed E-state index contributed by atoms with van der Waals surface area (Å²) in [6.45, 7) is 10.2. The van der Waals surface area contributed by atoms with E-state index >= 15 is 0 Å². The van der Waals surface area contributed by atoms with Gasteiger partial charge in [-0.05, 0) is 32.1 Å². The Bertz CT molecular complexity index is 623. The Morgan fingerprint density at radius 2 is 2.14 bits per heavy atom. The van der Waals surface area contributed by atoms with Gasteiger partial charge < -0.3 is 9.15 Å². The Kier molecular flexibility index (Phi) is 3.76. The first kappa shape index (κ1) is 15.4. The van der Waals surface area contributed by atoms with Crippen LogP contribution < -0.4 is 4.74 Å². The number of terminal acetylenes is 1. The number of allylic oxidation sites excluding steroid dienone is 2. The number of esters is 1. The van der Waals surface area contributed by atoms with Crippen molar-refractivity contribution in [1.29, 1.82) is 0 Å². The maximum Gasteiger partial charge on any atom is 0.318 e. The minimum absolute atomic E-state index is 0.104. The van der Waals surface area contributed by atoms with Crippen LogP contribution in [0.25, 0.3) is 0 Å². The van der Waals surface area contributed by atoms with Gasteiger partial charge in [0, 0.05) is 6.07 Å². The SMILES string of the molecule is C#CCc1cc(OC(=O)C2(C)C(C=C(C)C)C2(C)C)co1. The third-order valence-corrected chi connectivity index (χ3v) is 4.70. The molecule has 0 radical (unpaired) electrons. The highest BCUT2D eigenvalue weighted by Gasteiger charge is 2.72. The van der Waals surface area contributed by atoms with Gasteiger partial charge in [0.2, 0.25) is 0 Å². The number of hydrogen-bond donors (Lipinski definition) is 0. The van der Waals surface area contributed by atoms with Gasteiger partial charge in [-0.3, -0.25) is 4.79 Å². The van der Waals surface area contributed by atoms with Crippen LogP contribution in [0.3, 0.4) is 0 Å². The molecule has 1 aromatic heterocycles. The molecule has 1 aliphatic carbocycles. The van der Waals surface area contributed by atoms with E-state index in [1.807, 2.05) is 20.8 Å². The number of rotatable bonds is 4. The summed E-state index contributed by atoms with van der Waals surface area (Å²) < 4.78 is 10.7. The molecule has 1 aromatic rings. The molecule has 0 bridgehead atoms. The molecule has 2 atom stereocenters. The third-order valence-electron chi connectivity index (χ3n) is 4.70. The van der Waals surface area contributed by atoms with E-state index in [2.05, 4.69) is 25.8 Å². The molecule has 3 nitrogen and oxygen atoms in total. The summed E-state index contributed by atoms with van der Waals surface area (Å²) in [6, 6.07) is 1.67. The standard InChI is InChI=1S/C18H22O3/c1-7-8-13-10-14(11-20-13)21-16(19)18(6)15(9-12(2)3)17(18,4)5/h1,9-11,15H,8H2,2-6H3. The van der Waals surface area contributed by atoms with E-state index in [0.717, 1.165) is 0 Å². The van der Waals surface area contributed by atoms with Gasteiger partial charge in [0.25, 0.3) is 0 Å². The van der Waals surface area contributed by atoms with Crippen LogP contribution in [0.5, 0.6) is 5.75 Å². The van der Waals surface area contributed by atoms with Crippen LogP contribution in [0.4, 0.5) is 0 Å². The van der Waals surface area contributed by atoms with Gasteiger partial charge in [-0.15, -0.1) is 6.42 Å². The fourth-order valence-electron chi connectivity index (χ4n) is 2.94. The number of furan rings is 1. The van der Waals surface area contributed by atoms with Crippen molar-refractivity contribution in [1.82, 2.24) is 0 Å². The molecule has 112 valence electrons. The second-order valence-corrected chi connectivity index (χ2v) is 6.66. The quantitative estimate of drug-likeness (QED) is 0.477. The van der Waals surface area contributed by atoms with E-state index in [1.165, 1.54) is 11.8 Å². The Labute approximate surface area is 126 Å². The predicted molar refractivity (Wildman–Crippen MR) is 81.7 cm³/mol. The van der Waals surface area contributed by atoms with Crippen LogP contribution in [0.1, 0.15) is 40.4 Å². The lowest BCUT2D eigenvalue weighted by Gasteiger charge is -2.12. The molecule has 0 saturated heterocycles. The monoisotopic (exact) mass is 286 g/mol. The largest absolute Gasteiger partial charge is 0.464 e. The van der Waals surface area contributed by atoms with Crippen molar-refractivity contribution in [3.8, 4) is 18.1 Å². The van der Waals surface area contributed by atoms with Crippen molar-refractivity contribution < 1.29 is 13.9 Å². The molecule has 1 aliphatic rings. The van der Waals surface area contributed by atoms with Crippen molar-refractivity contribution in [3.05, 3.63) is 29.7 Å². The van der Waals surface area contributed by atoms with E-state index in [0.29, 0.717) is 17.9 Å². The molecule has 0 spiro atoms. The van der Waals surface area contributed by atoms with Crippen molar-refractivity contribution >= 4 is 5.97 Å². The van der Waals surface area contributed by atoms with Crippen molar-refractivity contribution in [3.63, 3.8) is 0 Å². The molecular weight excluding hydrogens is 264 g/mol. The first-order valence-electron chi connectivity index (χ1n) is 7.11. The van der Waals surface area contributed by atoms with Crippen LogP contribution >= 0.6 is 0 Å². The summed E-state index contributed by atoms with van der Waals surface area (Å²) in [6.07, 6.45) is 9.20. The van der Waals surface area contributed by atoms with E-state index in [-0.39, 0.29) is 17.3 Å². The zero-order chi connectivity index (χ0) is 15.8. The molecule has 0 aromatic carbocycles. The molecular formula is C18H22O3. The van der Waals surface area contributed by atoms with Gasteiger partial charge >= 0.3 is 5.97 Å². The van der Waals surface area contributed by atoms with Gasteiger partial charge in [-0.1, -0.05) is 31.4 Å². The zero-order valence-corrected chi connectivity index (χ0v) is 13.3. The summed E-state index contributed by atoms with van der Waals surface area (Å²) in [4.78, 5) is 12.5. The number of hydrogen-bond acceptors (Lipinski definition) is 3. The normalized spacial score (nSPS) is 25.8. The Morgan fingerprint density at radius 1 is 1.48 bits per heavy atom. The molecule has 2 rings (SSSR count). The Balaban J connectivity index is 2.13. The topological polar surface area (TPSA) is 39.4 Å². The van der Waals surface area contributed by atoms with Gasteiger partial charge in [-0.25, -0.2) is 0 Å². The second kappa shape index (κ2) is 5.11. The number of carbonyl (C=O) groups excluding carboxylic acids is 1. The average Bonchev–Trinajstić information content (AvgIpc) is 2.73. The number of carbonyl (C=O) groups is 1. The van der Waals surface area contributed by atoms with Gasteiger partial charge in [0.15, 0.2) is 5.75 Å². The maximum absolute atomic E-state index is 12.5. The molecule has 0 N–H and O–H groups in total. The lowest BCUT2D eigenvalue weighted by molar-refractivity contribution is -0.141. The molecule has 1 fully saturated rings. The predicted octanol–water partition coefficient (Wildman–Crippen LogP) is 3.99. The molecule has 21 heavy (non-hydrogen) atoms. The van der Waals surface area contributed by atoms with Gasteiger partial charge in [0.05, 0.1) is 11.8 Å². The minimum Gasteiger partial charge on any atom is -0.464 e. The van der Waals surface area contributed by atoms with Crippen molar-refractivity contribution in [2.75, 3.05) is 0 Å². The van der Waals surface area contributed by atoms with Crippen LogP contribution in [0.15, 0.2) is 28.4 Å². The fraction of sp³-hybridized carbons (Fsp3) is 0.500. The highest BCUT2D eigenvalue weighted by atomic mass is 16.5. The molecule has 0 amide bonds. The van der Waals surface area contributed by atoms with Crippen LogP contribution in [-0.4, -0.2) is 5.97 Å². The summed E-state index contributed by atoms with van der Waals surface area (Å²) in [5.74, 6) is 3.52. The van der Waals surface area contributed by atoms with E-state index < -0.39 is 5.41 Å². The summed E-state index contributed by atoms with van der Waals surface area (Å²) >= 11 is 0. The van der Waals surface area contributed by atoms with Crippen molar-refractivity contribution in [2.24, 2.45) is 16.7 Å². The molecule has 1 heterocycles. The molecule has 3 heteroatoms. The average molecular weight is 286 g/mol. The lowest BCUT2D eigenvalue weighted by Crippen LogP contribution is -2.23. The highest BCUT2D eigenvalue weighted by molar-refractivity contribution is 5.84. The highest BCUT2D eigenvalue weighted by Crippen LogP contribution is 2.70. The minimum atomic E-state index is -0.506. The van der Waals surface area contributed by atoms with E-state index in [9.17, 15) is 4.79 Å². The first-order chi connectivity index (χ1) is 9.73. The van der Waals surface area contributed by atoms with E-state index in [4.69, 9.17) is 15.6 Å². The summed E-state index contributed by atoms with van der Waals surface area (Å²) in [5, 5.41) is 0. The van der Waals surface area contributed by atoms with Crippen LogP contribution in [-0.2, 0) is 11.2 Å². The van der Waals surface area contributed by atoms with Crippen LogP contribution in [0.2, 0.25) is 0 Å². The third kappa shape index (κ3) is 2.51. The molecule has 1 saturated carbocycles. The Morgan fingerprint density at radius 3 is 2.71 bits per heavy atom. The van der Waals surface area contributed by atoms with Crippen LogP contribution in [0, 0.1) is 29.1 Å². The Hall–Kier alpha value is -1.95. The van der Waals surface area contributed by atoms with Crippen molar-refractivity contribution in [2.45, 2.75) is 41.0 Å². The molecule has 0 aliphatic heterocycles. The smallest absolute Gasteiger partial charge is 0.318 e. The van der Waals surface area contributed by atoms with Gasteiger partial charge in [0.1, 0.15) is 12.0 Å². The second-order valence-electron chi connectivity index (χ2n) is 6.66. The molecule has 2 unspecified atom stereocenters. The van der Waals surface area contributed by atoms with E-state index in [1.54, 1.807) is 6.07 Å². The number of ether oxygens (including phenoxy) is 1. The zero-order valence-electron chi connectivity index (χ0n) is 13.3. The first-order valence-corrected chi connectivity index (χ1v) is 7.11. The lowest BCUT2D eigenvalue weighted by atomic mass is 9.98. The fourth-order valence-corrected chi connectivity index (χ4v) is 2.94. The summed E-state index contributed by atoms with van der Waals surface area (Å²) in [7, 11) is 0. The maximum atomic E-state index is 12.5. The van der Waals surface area contributed by atoms with Gasteiger partial charge in [-0.2, -0.15) is 0 Å².